The van der Waals surface area contributed by atoms with Gasteiger partial charge >= 0.3 is 17.9 Å². The zero-order chi connectivity index (χ0) is 43.7. The lowest BCUT2D eigenvalue weighted by Crippen LogP contribution is -2.30. The number of carbonyl (C=O) groups is 3. The van der Waals surface area contributed by atoms with Gasteiger partial charge in [-0.2, -0.15) is 0 Å². The number of hydrogen-bond acceptors (Lipinski definition) is 6. The van der Waals surface area contributed by atoms with E-state index in [1.165, 1.54) is 96.3 Å². The monoisotopic (exact) mass is 835 g/mol. The summed E-state index contributed by atoms with van der Waals surface area (Å²) in [6.07, 6.45) is 61.7. The van der Waals surface area contributed by atoms with E-state index in [2.05, 4.69) is 93.7 Å². The van der Waals surface area contributed by atoms with E-state index < -0.39 is 12.1 Å². The van der Waals surface area contributed by atoms with Gasteiger partial charge in [-0.05, 0) is 83.5 Å². The summed E-state index contributed by atoms with van der Waals surface area (Å²) in [6.45, 7) is 6.36. The van der Waals surface area contributed by atoms with Crippen molar-refractivity contribution in [1.29, 1.82) is 0 Å². The van der Waals surface area contributed by atoms with Crippen molar-refractivity contribution >= 4 is 17.9 Å². The molecule has 342 valence electrons. The predicted molar refractivity (Wildman–Crippen MR) is 256 cm³/mol. The Morgan fingerprint density at radius 3 is 1.30 bits per heavy atom. The third kappa shape index (κ3) is 45.7. The van der Waals surface area contributed by atoms with Gasteiger partial charge < -0.3 is 14.2 Å². The standard InChI is InChI=1S/C54H90O6/c1-4-7-10-13-16-19-21-23-25-26-27-29-30-32-35-38-41-44-47-53(56)59-50-51(49-58-52(55)46-43-40-37-34-18-15-12-9-6-3)60-54(57)48-45-42-39-36-33-31-28-24-22-20-17-14-11-8-5-2/h9,12,18,20-23,25-27,29,34,40,43,51H,4-8,10-11,13-17,19,24,28,30-33,35-39,41-42,44-50H2,1-3H3/b12-9-,22-20-,23-21-,26-25-,29-27-,34-18-,43-40-. The van der Waals surface area contributed by atoms with Crippen molar-refractivity contribution < 1.29 is 28.6 Å². The Hall–Kier alpha value is -3.41. The minimum atomic E-state index is -0.821. The largest absolute Gasteiger partial charge is 0.462 e. The summed E-state index contributed by atoms with van der Waals surface area (Å²) in [7, 11) is 0. The molecule has 6 heteroatoms. The number of allylic oxidation sites excluding steroid dienone is 13. The molecule has 0 rings (SSSR count). The fraction of sp³-hybridized carbons (Fsp3) is 0.685. The van der Waals surface area contributed by atoms with Crippen LogP contribution in [0.15, 0.2) is 85.1 Å². The van der Waals surface area contributed by atoms with E-state index in [9.17, 15) is 14.4 Å². The molecule has 0 aliphatic carbocycles. The van der Waals surface area contributed by atoms with Gasteiger partial charge in [0.05, 0.1) is 6.42 Å². The summed E-state index contributed by atoms with van der Waals surface area (Å²) < 4.78 is 16.6. The van der Waals surface area contributed by atoms with E-state index in [1.54, 1.807) is 6.08 Å². The first-order valence-corrected chi connectivity index (χ1v) is 24.6. The third-order valence-electron chi connectivity index (χ3n) is 10.2. The quantitative estimate of drug-likeness (QED) is 0.0200. The van der Waals surface area contributed by atoms with E-state index in [0.29, 0.717) is 12.8 Å². The molecule has 0 fully saturated rings. The summed E-state index contributed by atoms with van der Waals surface area (Å²) >= 11 is 0. The number of unbranched alkanes of at least 4 members (excludes halogenated alkanes) is 21. The molecule has 0 bridgehead atoms. The molecule has 0 spiro atoms. The zero-order valence-electron chi connectivity index (χ0n) is 38.9. The molecule has 0 aromatic carbocycles. The van der Waals surface area contributed by atoms with Gasteiger partial charge in [-0.25, -0.2) is 0 Å². The maximum Gasteiger partial charge on any atom is 0.309 e. The molecule has 0 N–H and O–H groups in total. The second-order valence-corrected chi connectivity index (χ2v) is 16.1. The average Bonchev–Trinajstić information content (AvgIpc) is 3.24. The Morgan fingerprint density at radius 2 is 0.783 bits per heavy atom. The van der Waals surface area contributed by atoms with Crippen LogP contribution in [0.1, 0.15) is 220 Å². The number of carbonyl (C=O) groups excluding carboxylic acids is 3. The SMILES string of the molecule is CC/C=C\C/C=C\C/C=C\CC(=O)OCC(COC(=O)CCCCCCC\C=C/C=C\C=C/CCCCCCC)OC(=O)CCCCCCCCC/C=C\CCCCCC. The van der Waals surface area contributed by atoms with Gasteiger partial charge in [0, 0.05) is 12.8 Å². The highest BCUT2D eigenvalue weighted by Crippen LogP contribution is 2.13. The molecule has 1 unspecified atom stereocenters. The Kier molecular flexibility index (Phi) is 45.5. The van der Waals surface area contributed by atoms with E-state index in [4.69, 9.17) is 14.2 Å². The lowest BCUT2D eigenvalue weighted by Gasteiger charge is -2.18. The Labute approximate surface area is 369 Å². The lowest BCUT2D eigenvalue weighted by molar-refractivity contribution is -0.166. The smallest absolute Gasteiger partial charge is 0.309 e. The second-order valence-electron chi connectivity index (χ2n) is 16.1. The summed E-state index contributed by atoms with van der Waals surface area (Å²) in [5.41, 5.74) is 0. The number of hydrogen-bond donors (Lipinski definition) is 0. The first-order valence-electron chi connectivity index (χ1n) is 24.6. The third-order valence-corrected chi connectivity index (χ3v) is 10.2. The summed E-state index contributed by atoms with van der Waals surface area (Å²) in [5.74, 6) is -1.07. The molecule has 0 saturated heterocycles. The molecule has 0 aromatic rings. The van der Waals surface area contributed by atoms with E-state index in [0.717, 1.165) is 83.5 Å². The Bertz CT molecular complexity index is 1190. The van der Waals surface area contributed by atoms with E-state index in [1.807, 2.05) is 6.08 Å². The summed E-state index contributed by atoms with van der Waals surface area (Å²) in [4.78, 5) is 37.7. The molecule has 6 nitrogen and oxygen atoms in total. The van der Waals surface area contributed by atoms with Crippen molar-refractivity contribution in [1.82, 2.24) is 0 Å². The van der Waals surface area contributed by atoms with Crippen molar-refractivity contribution in [2.24, 2.45) is 0 Å². The molecule has 0 amide bonds. The van der Waals surface area contributed by atoms with Crippen molar-refractivity contribution in [2.45, 2.75) is 226 Å². The highest BCUT2D eigenvalue weighted by atomic mass is 16.6. The minimum absolute atomic E-state index is 0.116. The van der Waals surface area contributed by atoms with Crippen molar-refractivity contribution in [3.63, 3.8) is 0 Å². The highest BCUT2D eigenvalue weighted by Gasteiger charge is 2.19. The molecule has 60 heavy (non-hydrogen) atoms. The first kappa shape index (κ1) is 56.6. The van der Waals surface area contributed by atoms with Gasteiger partial charge in [0.2, 0.25) is 0 Å². The highest BCUT2D eigenvalue weighted by molar-refractivity contribution is 5.72. The Balaban J connectivity index is 4.44. The van der Waals surface area contributed by atoms with Crippen LogP contribution in [0.25, 0.3) is 0 Å². The van der Waals surface area contributed by atoms with Crippen molar-refractivity contribution in [3.05, 3.63) is 85.1 Å². The topological polar surface area (TPSA) is 78.9 Å². The molecular formula is C54H90O6. The minimum Gasteiger partial charge on any atom is -0.462 e. The fourth-order valence-electron chi connectivity index (χ4n) is 6.50. The number of esters is 3. The molecule has 0 aromatic heterocycles. The fourth-order valence-corrected chi connectivity index (χ4v) is 6.50. The van der Waals surface area contributed by atoms with Crippen LogP contribution in [0, 0.1) is 0 Å². The zero-order valence-corrected chi connectivity index (χ0v) is 38.9. The first-order chi connectivity index (χ1) is 29.5. The Morgan fingerprint density at radius 1 is 0.383 bits per heavy atom. The van der Waals surface area contributed by atoms with Gasteiger partial charge in [0.25, 0.3) is 0 Å². The second kappa shape index (κ2) is 48.3. The molecule has 0 aliphatic heterocycles. The van der Waals surface area contributed by atoms with Crippen LogP contribution in [0.3, 0.4) is 0 Å². The number of ether oxygens (including phenoxy) is 3. The molecule has 0 aliphatic rings. The molecule has 0 saturated carbocycles. The van der Waals surface area contributed by atoms with E-state index >= 15 is 0 Å². The van der Waals surface area contributed by atoms with Gasteiger partial charge in [0.15, 0.2) is 6.10 Å². The van der Waals surface area contributed by atoms with Crippen LogP contribution in [0.5, 0.6) is 0 Å². The molecule has 0 heterocycles. The maximum atomic E-state index is 12.7. The van der Waals surface area contributed by atoms with Crippen LogP contribution in [0.4, 0.5) is 0 Å². The van der Waals surface area contributed by atoms with Crippen LogP contribution in [0.2, 0.25) is 0 Å². The normalized spacial score (nSPS) is 12.8. The lowest BCUT2D eigenvalue weighted by atomic mass is 10.1. The van der Waals surface area contributed by atoms with Crippen molar-refractivity contribution in [3.8, 4) is 0 Å². The van der Waals surface area contributed by atoms with Gasteiger partial charge in [-0.15, -0.1) is 0 Å². The van der Waals surface area contributed by atoms with Gasteiger partial charge in [0.1, 0.15) is 13.2 Å². The van der Waals surface area contributed by atoms with Crippen LogP contribution >= 0.6 is 0 Å². The summed E-state index contributed by atoms with van der Waals surface area (Å²) in [5, 5.41) is 0. The van der Waals surface area contributed by atoms with Crippen LogP contribution in [-0.4, -0.2) is 37.2 Å². The molecular weight excluding hydrogens is 745 g/mol. The van der Waals surface area contributed by atoms with Crippen LogP contribution in [-0.2, 0) is 28.6 Å². The van der Waals surface area contributed by atoms with Crippen LogP contribution < -0.4 is 0 Å². The van der Waals surface area contributed by atoms with Crippen molar-refractivity contribution in [2.75, 3.05) is 13.2 Å². The predicted octanol–water partition coefficient (Wildman–Crippen LogP) is 16.0. The maximum absolute atomic E-state index is 12.7. The van der Waals surface area contributed by atoms with Gasteiger partial charge in [-0.1, -0.05) is 202 Å². The van der Waals surface area contributed by atoms with E-state index in [-0.39, 0.29) is 31.6 Å². The average molecular weight is 835 g/mol. The molecule has 0 radical (unpaired) electrons. The number of rotatable bonds is 43. The molecule has 1 atom stereocenters. The summed E-state index contributed by atoms with van der Waals surface area (Å²) in [6, 6.07) is 0. The van der Waals surface area contributed by atoms with Gasteiger partial charge in [-0.3, -0.25) is 14.4 Å².